The highest BCUT2D eigenvalue weighted by Gasteiger charge is 2.42. The number of pyridine rings is 1. The van der Waals surface area contributed by atoms with Gasteiger partial charge in [-0.2, -0.15) is 23.1 Å². The van der Waals surface area contributed by atoms with Gasteiger partial charge in [-0.1, -0.05) is 6.58 Å². The highest BCUT2D eigenvalue weighted by molar-refractivity contribution is 5.88. The molecule has 0 saturated carbocycles. The molecule has 0 N–H and O–H groups in total. The summed E-state index contributed by atoms with van der Waals surface area (Å²) in [4.78, 5) is 18.0. The Morgan fingerprint density at radius 2 is 2.14 bits per heavy atom. The van der Waals surface area contributed by atoms with Gasteiger partial charge in [-0.05, 0) is 38.3 Å². The quantitative estimate of drug-likeness (QED) is 0.498. The van der Waals surface area contributed by atoms with Gasteiger partial charge in [-0.15, -0.1) is 10.2 Å². The second-order valence-electron chi connectivity index (χ2n) is 8.37. The van der Waals surface area contributed by atoms with Crippen LogP contribution in [0.5, 0.6) is 5.88 Å². The minimum atomic E-state index is -4.96. The van der Waals surface area contributed by atoms with Crippen molar-refractivity contribution in [1.82, 2.24) is 34.7 Å². The predicted molar refractivity (Wildman–Crippen MR) is 120 cm³/mol. The van der Waals surface area contributed by atoms with E-state index in [4.69, 9.17) is 9.47 Å². The van der Waals surface area contributed by atoms with Crippen LogP contribution in [0.2, 0.25) is 0 Å². The number of ether oxygens (including phenoxy) is 2. The molecule has 1 aliphatic rings. The number of rotatable bonds is 7. The second-order valence-corrected chi connectivity index (χ2v) is 8.37. The Morgan fingerprint density at radius 3 is 2.80 bits per heavy atom. The average Bonchev–Trinajstić information content (AvgIpc) is 3.41. The molecule has 2 atom stereocenters. The van der Waals surface area contributed by atoms with Gasteiger partial charge in [0.15, 0.2) is 17.6 Å². The maximum atomic E-state index is 12.7. The lowest BCUT2D eigenvalue weighted by atomic mass is 10.1. The van der Waals surface area contributed by atoms with E-state index < -0.39 is 18.1 Å². The molecule has 10 nitrogen and oxygen atoms in total. The van der Waals surface area contributed by atoms with Crippen LogP contribution in [0.15, 0.2) is 18.8 Å². The minimum Gasteiger partial charge on any atom is -0.473 e. The van der Waals surface area contributed by atoms with Crippen LogP contribution < -0.4 is 4.74 Å². The lowest BCUT2D eigenvalue weighted by Crippen LogP contribution is -2.45. The van der Waals surface area contributed by atoms with Gasteiger partial charge in [0.1, 0.15) is 6.61 Å². The van der Waals surface area contributed by atoms with Crippen molar-refractivity contribution in [2.24, 2.45) is 7.05 Å². The number of alkyl halides is 3. The highest BCUT2D eigenvalue weighted by Crippen LogP contribution is 2.32. The summed E-state index contributed by atoms with van der Waals surface area (Å²) in [7, 11) is 2.67. The summed E-state index contributed by atoms with van der Waals surface area (Å²) in [5.41, 5.74) is 2.22. The Kier molecular flexibility index (Phi) is 6.79. The summed E-state index contributed by atoms with van der Waals surface area (Å²) in [5.74, 6) is -1.84. The number of aromatic nitrogens is 6. The number of likely N-dealkylation sites (N-methyl/N-ethyl adjacent to an activating group) is 1. The van der Waals surface area contributed by atoms with E-state index in [9.17, 15) is 18.0 Å². The predicted octanol–water partition coefficient (Wildman–Crippen LogP) is 3.36. The molecule has 1 amide bonds. The lowest BCUT2D eigenvalue weighted by Gasteiger charge is -2.25. The number of aryl methyl sites for hydroxylation is 1. The van der Waals surface area contributed by atoms with E-state index in [2.05, 4.69) is 26.9 Å². The van der Waals surface area contributed by atoms with Crippen molar-refractivity contribution in [3.63, 3.8) is 0 Å². The Morgan fingerprint density at radius 1 is 1.37 bits per heavy atom. The van der Waals surface area contributed by atoms with E-state index in [1.54, 1.807) is 24.0 Å². The van der Waals surface area contributed by atoms with Crippen LogP contribution in [0.25, 0.3) is 28.4 Å². The Bertz CT molecular complexity index is 1230. The zero-order valence-electron chi connectivity index (χ0n) is 19.6. The molecule has 188 valence electrons. The summed E-state index contributed by atoms with van der Waals surface area (Å²) in [6.07, 6.45) is 0.963. The molecule has 1 saturated heterocycles. The molecule has 0 bridgehead atoms. The van der Waals surface area contributed by atoms with Crippen molar-refractivity contribution in [3.8, 4) is 17.1 Å². The molecular weight excluding hydrogens is 467 g/mol. The molecular formula is C22H26F3N7O3. The molecule has 13 heteroatoms. The van der Waals surface area contributed by atoms with Crippen molar-refractivity contribution in [3.05, 3.63) is 24.5 Å². The molecule has 1 aliphatic heterocycles. The molecule has 0 radical (unpaired) electrons. The smallest absolute Gasteiger partial charge is 0.471 e. The number of halogens is 3. The first-order valence-corrected chi connectivity index (χ1v) is 11.1. The summed E-state index contributed by atoms with van der Waals surface area (Å²) in [6, 6.07) is 0.978. The third-order valence-electron chi connectivity index (χ3n) is 5.84. The van der Waals surface area contributed by atoms with E-state index in [1.807, 2.05) is 6.07 Å². The number of carbonyl (C=O) groups is 1. The molecule has 1 fully saturated rings. The van der Waals surface area contributed by atoms with Gasteiger partial charge >= 0.3 is 12.1 Å². The van der Waals surface area contributed by atoms with Crippen LogP contribution >= 0.6 is 0 Å². The third kappa shape index (κ3) is 4.99. The van der Waals surface area contributed by atoms with Crippen LogP contribution in [0.1, 0.15) is 38.1 Å². The Hall–Kier alpha value is -3.48. The van der Waals surface area contributed by atoms with Crippen molar-refractivity contribution in [2.75, 3.05) is 20.3 Å². The fourth-order valence-electron chi connectivity index (χ4n) is 3.82. The summed E-state index contributed by atoms with van der Waals surface area (Å²) in [6.45, 7) is 5.75. The third-order valence-corrected chi connectivity index (χ3v) is 5.84. The van der Waals surface area contributed by atoms with Gasteiger partial charge in [0.2, 0.25) is 0 Å². The van der Waals surface area contributed by atoms with Gasteiger partial charge in [0.05, 0.1) is 11.7 Å². The number of amides is 1. The number of hydrogen-bond donors (Lipinski definition) is 0. The van der Waals surface area contributed by atoms with Gasteiger partial charge in [-0.25, -0.2) is 9.67 Å². The second kappa shape index (κ2) is 9.64. The first-order valence-electron chi connectivity index (χ1n) is 11.1. The first kappa shape index (κ1) is 24.6. The maximum absolute atomic E-state index is 12.7. The number of hydrogen-bond acceptors (Lipinski definition) is 7. The Labute approximate surface area is 199 Å². The number of carbonyl (C=O) groups excluding carboxylic acids is 1. The van der Waals surface area contributed by atoms with E-state index >= 15 is 0 Å². The van der Waals surface area contributed by atoms with Crippen molar-refractivity contribution >= 4 is 23.0 Å². The maximum Gasteiger partial charge on any atom is 0.471 e. The summed E-state index contributed by atoms with van der Waals surface area (Å²) < 4.78 is 51.5. The molecule has 0 aliphatic carbocycles. The molecule has 0 aromatic carbocycles. The van der Waals surface area contributed by atoms with Crippen LogP contribution in [-0.4, -0.2) is 73.0 Å². The molecule has 1 unspecified atom stereocenters. The van der Waals surface area contributed by atoms with Crippen LogP contribution in [0, 0.1) is 0 Å². The lowest BCUT2D eigenvalue weighted by molar-refractivity contribution is -0.186. The zero-order chi connectivity index (χ0) is 25.3. The van der Waals surface area contributed by atoms with E-state index in [0.29, 0.717) is 34.1 Å². The Balaban J connectivity index is 1.60. The standard InChI is InChI=1S/C22H26F3N7O3/c1-5-16-15-10-14(11-26-19(15)32(27-16)17-8-6-7-9-34-17)18-20(29-31(4)28-18)35-12-13(2)30(3)21(33)22(23,24)25/h5,10-11,13,17H,1,6-9,12H2,2-4H3/t13-,17?/m1/s1. The van der Waals surface area contributed by atoms with Gasteiger partial charge in [-0.3, -0.25) is 4.79 Å². The van der Waals surface area contributed by atoms with Gasteiger partial charge in [0.25, 0.3) is 5.88 Å². The van der Waals surface area contributed by atoms with Crippen LogP contribution in [0.3, 0.4) is 0 Å². The normalized spacial score (nSPS) is 17.4. The van der Waals surface area contributed by atoms with Gasteiger partial charge < -0.3 is 14.4 Å². The van der Waals surface area contributed by atoms with Gasteiger partial charge in [0, 0.05) is 37.8 Å². The first-order chi connectivity index (χ1) is 16.6. The number of fused-ring (bicyclic) bond motifs is 1. The molecule has 3 aromatic rings. The number of nitrogens with zero attached hydrogens (tertiary/aromatic N) is 7. The zero-order valence-corrected chi connectivity index (χ0v) is 19.6. The van der Waals surface area contributed by atoms with Crippen LogP contribution in [-0.2, 0) is 16.6 Å². The molecule has 4 heterocycles. The topological polar surface area (TPSA) is 100 Å². The average molecular weight is 493 g/mol. The molecule has 0 spiro atoms. The highest BCUT2D eigenvalue weighted by atomic mass is 19.4. The molecule has 35 heavy (non-hydrogen) atoms. The van der Waals surface area contributed by atoms with Crippen molar-refractivity contribution in [2.45, 2.75) is 44.6 Å². The SMILES string of the molecule is C=Cc1nn(C2CCCCO2)c2ncc(-c3nn(C)nc3OC[C@@H](C)N(C)C(=O)C(F)(F)F)cc12. The summed E-state index contributed by atoms with van der Waals surface area (Å²) in [5, 5.41) is 13.9. The largest absolute Gasteiger partial charge is 0.473 e. The summed E-state index contributed by atoms with van der Waals surface area (Å²) >= 11 is 0. The van der Waals surface area contributed by atoms with Crippen molar-refractivity contribution in [1.29, 1.82) is 0 Å². The van der Waals surface area contributed by atoms with E-state index in [1.165, 1.54) is 11.7 Å². The van der Waals surface area contributed by atoms with E-state index in [0.717, 1.165) is 31.7 Å². The van der Waals surface area contributed by atoms with Crippen molar-refractivity contribution < 1.29 is 27.4 Å². The van der Waals surface area contributed by atoms with E-state index in [-0.39, 0.29) is 18.7 Å². The molecule has 3 aromatic heterocycles. The minimum absolute atomic E-state index is 0.108. The fourth-order valence-corrected chi connectivity index (χ4v) is 3.82. The monoisotopic (exact) mass is 493 g/mol. The van der Waals surface area contributed by atoms with Crippen LogP contribution in [0.4, 0.5) is 13.2 Å². The fraction of sp³-hybridized carbons (Fsp3) is 0.500. The molecule has 4 rings (SSSR count).